The summed E-state index contributed by atoms with van der Waals surface area (Å²) in [6.45, 7) is 4.75. The van der Waals surface area contributed by atoms with Crippen molar-refractivity contribution in [3.63, 3.8) is 0 Å². The van der Waals surface area contributed by atoms with Crippen LogP contribution in [0.2, 0.25) is 0 Å². The standard InChI is InChI=1S/C19H28N8O2.CH2O2/c1-13(2)27-12-24-25-17(27)11-20-18(28)8-15-4-5-16(26(15)3)10-21-19(29)14-6-7-22-23-9-14;2-1-3/h6-7,9,12-13,15-16H,4-5,8,10-11H2,1-3H3,(H,20,28)(H,21,29);1H,(H,2,3)/t15-,16+;/m1./s1. The van der Waals surface area contributed by atoms with Crippen LogP contribution in [0, 0.1) is 0 Å². The van der Waals surface area contributed by atoms with Gasteiger partial charge in [-0.1, -0.05) is 0 Å². The van der Waals surface area contributed by atoms with Crippen molar-refractivity contribution in [1.82, 2.24) is 40.5 Å². The molecule has 0 unspecified atom stereocenters. The molecule has 2 aromatic rings. The molecule has 0 bridgehead atoms. The summed E-state index contributed by atoms with van der Waals surface area (Å²) in [4.78, 5) is 35.1. The van der Waals surface area contributed by atoms with Crippen molar-refractivity contribution in [3.05, 3.63) is 36.2 Å². The molecular formula is C20H30N8O4. The van der Waals surface area contributed by atoms with Crippen LogP contribution in [0.4, 0.5) is 0 Å². The summed E-state index contributed by atoms with van der Waals surface area (Å²) < 4.78 is 1.94. The zero-order valence-corrected chi connectivity index (χ0v) is 18.5. The van der Waals surface area contributed by atoms with E-state index in [1.807, 2.05) is 25.5 Å². The third-order valence-corrected chi connectivity index (χ3v) is 5.40. The predicted molar refractivity (Wildman–Crippen MR) is 115 cm³/mol. The average Bonchev–Trinajstić information content (AvgIpc) is 3.39. The summed E-state index contributed by atoms with van der Waals surface area (Å²) >= 11 is 0. The van der Waals surface area contributed by atoms with Crippen LogP contribution in [-0.2, 0) is 16.1 Å². The van der Waals surface area contributed by atoms with Gasteiger partial charge in [-0.15, -0.1) is 10.2 Å². The minimum Gasteiger partial charge on any atom is -0.483 e. The first-order valence-corrected chi connectivity index (χ1v) is 10.4. The molecule has 2 aromatic heterocycles. The largest absolute Gasteiger partial charge is 0.483 e. The van der Waals surface area contributed by atoms with Crippen molar-refractivity contribution >= 4 is 18.3 Å². The maximum absolute atomic E-state index is 12.4. The van der Waals surface area contributed by atoms with E-state index >= 15 is 0 Å². The number of carbonyl (C=O) groups excluding carboxylic acids is 2. The van der Waals surface area contributed by atoms with Gasteiger partial charge in [0.25, 0.3) is 12.4 Å². The molecule has 2 amide bonds. The van der Waals surface area contributed by atoms with Crippen LogP contribution >= 0.6 is 0 Å². The van der Waals surface area contributed by atoms with Gasteiger partial charge in [-0.05, 0) is 39.8 Å². The fourth-order valence-corrected chi connectivity index (χ4v) is 3.61. The third kappa shape index (κ3) is 7.08. The van der Waals surface area contributed by atoms with Gasteiger partial charge in [0, 0.05) is 31.1 Å². The Labute approximate surface area is 186 Å². The molecule has 0 radical (unpaired) electrons. The molecule has 32 heavy (non-hydrogen) atoms. The Kier molecular flexibility index (Phi) is 9.67. The van der Waals surface area contributed by atoms with Crippen LogP contribution < -0.4 is 10.6 Å². The number of rotatable bonds is 8. The normalized spacial score (nSPS) is 18.0. The number of likely N-dealkylation sites (tertiary alicyclic amines) is 1. The number of nitrogens with zero attached hydrogens (tertiary/aromatic N) is 6. The Bertz CT molecular complexity index is 873. The molecule has 1 aliphatic rings. The highest BCUT2D eigenvalue weighted by Crippen LogP contribution is 2.24. The van der Waals surface area contributed by atoms with Crippen molar-refractivity contribution < 1.29 is 19.5 Å². The highest BCUT2D eigenvalue weighted by atomic mass is 16.3. The van der Waals surface area contributed by atoms with Gasteiger partial charge in [0.05, 0.1) is 24.5 Å². The smallest absolute Gasteiger partial charge is 0.290 e. The van der Waals surface area contributed by atoms with E-state index in [-0.39, 0.29) is 36.4 Å². The molecule has 1 saturated heterocycles. The Hall–Kier alpha value is -3.41. The van der Waals surface area contributed by atoms with E-state index in [2.05, 4.69) is 35.9 Å². The van der Waals surface area contributed by atoms with Crippen molar-refractivity contribution in [1.29, 1.82) is 0 Å². The summed E-state index contributed by atoms with van der Waals surface area (Å²) in [6, 6.07) is 2.24. The minimum absolute atomic E-state index is 0.00676. The lowest BCUT2D eigenvalue weighted by atomic mass is 10.1. The monoisotopic (exact) mass is 446 g/mol. The molecular weight excluding hydrogens is 416 g/mol. The van der Waals surface area contributed by atoms with Gasteiger partial charge in [0.15, 0.2) is 5.82 Å². The number of hydrogen-bond acceptors (Lipinski definition) is 8. The lowest BCUT2D eigenvalue weighted by Crippen LogP contribution is -2.42. The predicted octanol–water partition coefficient (Wildman–Crippen LogP) is 0.249. The van der Waals surface area contributed by atoms with Gasteiger partial charge in [-0.3, -0.25) is 19.3 Å². The lowest BCUT2D eigenvalue weighted by Gasteiger charge is -2.25. The van der Waals surface area contributed by atoms with E-state index in [0.717, 1.165) is 18.7 Å². The molecule has 2 atom stereocenters. The van der Waals surface area contributed by atoms with Gasteiger partial charge in [-0.2, -0.15) is 10.2 Å². The SMILES string of the molecule is CC(C)n1cnnc1CNC(=O)C[C@H]1CC[C@@H](CNC(=O)c2ccnnc2)N1C.O=CO. The molecule has 174 valence electrons. The van der Waals surface area contributed by atoms with Crippen molar-refractivity contribution in [2.75, 3.05) is 13.6 Å². The van der Waals surface area contributed by atoms with Crippen LogP contribution in [-0.4, -0.2) is 78.9 Å². The van der Waals surface area contributed by atoms with E-state index in [4.69, 9.17) is 9.90 Å². The van der Waals surface area contributed by atoms with E-state index < -0.39 is 0 Å². The summed E-state index contributed by atoms with van der Waals surface area (Å²) in [6.07, 6.45) is 6.90. The first-order chi connectivity index (χ1) is 15.4. The number of nitrogens with one attached hydrogen (secondary N) is 2. The molecule has 0 spiro atoms. The highest BCUT2D eigenvalue weighted by Gasteiger charge is 2.32. The van der Waals surface area contributed by atoms with Crippen molar-refractivity contribution in [2.24, 2.45) is 0 Å². The van der Waals surface area contributed by atoms with Gasteiger partial charge >= 0.3 is 0 Å². The highest BCUT2D eigenvalue weighted by molar-refractivity contribution is 5.93. The molecule has 1 aliphatic heterocycles. The zero-order chi connectivity index (χ0) is 23.5. The van der Waals surface area contributed by atoms with Crippen molar-refractivity contribution in [2.45, 2.75) is 57.8 Å². The van der Waals surface area contributed by atoms with Crippen LogP contribution in [0.5, 0.6) is 0 Å². The van der Waals surface area contributed by atoms with E-state index in [0.29, 0.717) is 25.1 Å². The summed E-state index contributed by atoms with van der Waals surface area (Å²) in [5.74, 6) is 0.579. The Morgan fingerprint density at radius 3 is 2.59 bits per heavy atom. The second-order valence-electron chi connectivity index (χ2n) is 7.73. The van der Waals surface area contributed by atoms with Crippen LogP contribution in [0.1, 0.15) is 55.3 Å². The summed E-state index contributed by atoms with van der Waals surface area (Å²) in [5.41, 5.74) is 0.492. The quantitative estimate of drug-likeness (QED) is 0.484. The lowest BCUT2D eigenvalue weighted by molar-refractivity contribution is -0.123. The second-order valence-corrected chi connectivity index (χ2v) is 7.73. The Balaban J connectivity index is 0.00000114. The molecule has 0 saturated carbocycles. The van der Waals surface area contributed by atoms with E-state index in [1.165, 1.54) is 12.4 Å². The molecule has 12 nitrogen and oxygen atoms in total. The maximum atomic E-state index is 12.4. The first-order valence-electron chi connectivity index (χ1n) is 10.4. The number of carboxylic acid groups (broad SMARTS) is 1. The number of amides is 2. The first kappa shape index (κ1) is 24.9. The molecule has 0 aromatic carbocycles. The third-order valence-electron chi connectivity index (χ3n) is 5.40. The van der Waals surface area contributed by atoms with Gasteiger partial charge < -0.3 is 20.3 Å². The molecule has 3 N–H and O–H groups in total. The van der Waals surface area contributed by atoms with Gasteiger partial charge in [0.2, 0.25) is 5.91 Å². The Morgan fingerprint density at radius 1 is 1.22 bits per heavy atom. The van der Waals surface area contributed by atoms with Gasteiger partial charge in [-0.25, -0.2) is 0 Å². The van der Waals surface area contributed by atoms with Crippen LogP contribution in [0.15, 0.2) is 24.8 Å². The number of likely N-dealkylation sites (N-methyl/N-ethyl adjacent to an activating group) is 1. The topological polar surface area (TPSA) is 155 Å². The molecule has 0 aliphatic carbocycles. The molecule has 3 heterocycles. The minimum atomic E-state index is -0.250. The summed E-state index contributed by atoms with van der Waals surface area (Å²) in [5, 5.41) is 28.2. The average molecular weight is 447 g/mol. The van der Waals surface area contributed by atoms with Crippen LogP contribution in [0.3, 0.4) is 0 Å². The van der Waals surface area contributed by atoms with Crippen LogP contribution in [0.25, 0.3) is 0 Å². The summed E-state index contributed by atoms with van der Waals surface area (Å²) in [7, 11) is 2.01. The Morgan fingerprint density at radius 2 is 1.94 bits per heavy atom. The van der Waals surface area contributed by atoms with Crippen molar-refractivity contribution in [3.8, 4) is 0 Å². The van der Waals surface area contributed by atoms with E-state index in [9.17, 15) is 9.59 Å². The molecule has 3 rings (SSSR count). The number of carbonyl (C=O) groups is 3. The second kappa shape index (κ2) is 12.4. The molecule has 1 fully saturated rings. The maximum Gasteiger partial charge on any atom is 0.290 e. The zero-order valence-electron chi connectivity index (χ0n) is 18.5. The fourth-order valence-electron chi connectivity index (χ4n) is 3.61. The number of aromatic nitrogens is 5. The molecule has 12 heteroatoms. The van der Waals surface area contributed by atoms with E-state index in [1.54, 1.807) is 12.4 Å². The fraction of sp³-hybridized carbons (Fsp3) is 0.550. The number of hydrogen-bond donors (Lipinski definition) is 3. The van der Waals surface area contributed by atoms with Gasteiger partial charge in [0.1, 0.15) is 6.33 Å².